The van der Waals surface area contributed by atoms with Crippen molar-refractivity contribution in [1.82, 2.24) is 10.2 Å². The standard InChI is InChI=1S/C19H17N3OS2/c23-17(12-24-19-22-21-18(25-19)20-16-10-11-16)15-8-6-14(7-9-15)13-4-2-1-3-5-13/h1-9,16H,10-12H2,(H,20,21). The Morgan fingerprint density at radius 3 is 2.48 bits per heavy atom. The van der Waals surface area contributed by atoms with E-state index in [-0.39, 0.29) is 5.78 Å². The lowest BCUT2D eigenvalue weighted by Crippen LogP contribution is -2.01. The van der Waals surface area contributed by atoms with Crippen LogP contribution >= 0.6 is 23.1 Å². The summed E-state index contributed by atoms with van der Waals surface area (Å²) in [6, 6.07) is 18.5. The van der Waals surface area contributed by atoms with Crippen molar-refractivity contribution in [1.29, 1.82) is 0 Å². The van der Waals surface area contributed by atoms with E-state index in [1.54, 1.807) is 0 Å². The van der Waals surface area contributed by atoms with Gasteiger partial charge < -0.3 is 5.32 Å². The van der Waals surface area contributed by atoms with Gasteiger partial charge in [0, 0.05) is 11.6 Å². The molecule has 1 fully saturated rings. The number of nitrogens with one attached hydrogen (secondary N) is 1. The molecule has 0 bridgehead atoms. The van der Waals surface area contributed by atoms with Gasteiger partial charge in [-0.15, -0.1) is 10.2 Å². The maximum absolute atomic E-state index is 12.4. The number of ketones is 1. The summed E-state index contributed by atoms with van der Waals surface area (Å²) in [6.07, 6.45) is 2.42. The van der Waals surface area contributed by atoms with Crippen molar-refractivity contribution >= 4 is 34.0 Å². The van der Waals surface area contributed by atoms with Gasteiger partial charge in [0.15, 0.2) is 10.1 Å². The van der Waals surface area contributed by atoms with Gasteiger partial charge in [0.1, 0.15) is 0 Å². The highest BCUT2D eigenvalue weighted by atomic mass is 32.2. The number of carbonyl (C=O) groups is 1. The van der Waals surface area contributed by atoms with E-state index in [9.17, 15) is 4.79 Å². The van der Waals surface area contributed by atoms with E-state index in [1.165, 1.54) is 35.9 Å². The molecule has 1 aromatic heterocycles. The Morgan fingerprint density at radius 1 is 1.04 bits per heavy atom. The van der Waals surface area contributed by atoms with Gasteiger partial charge in [-0.3, -0.25) is 4.79 Å². The van der Waals surface area contributed by atoms with Crippen LogP contribution in [0.5, 0.6) is 0 Å². The van der Waals surface area contributed by atoms with E-state index in [0.717, 1.165) is 26.2 Å². The van der Waals surface area contributed by atoms with Crippen molar-refractivity contribution in [3.8, 4) is 11.1 Å². The van der Waals surface area contributed by atoms with Crippen molar-refractivity contribution in [2.24, 2.45) is 0 Å². The second-order valence-corrected chi connectivity index (χ2v) is 8.15. The molecule has 0 aliphatic heterocycles. The molecule has 0 spiro atoms. The summed E-state index contributed by atoms with van der Waals surface area (Å²) < 4.78 is 0.831. The van der Waals surface area contributed by atoms with Crippen LogP contribution < -0.4 is 5.32 Å². The number of thioether (sulfide) groups is 1. The quantitative estimate of drug-likeness (QED) is 0.482. The zero-order valence-electron chi connectivity index (χ0n) is 13.5. The van der Waals surface area contributed by atoms with Crippen LogP contribution in [0, 0.1) is 0 Å². The molecule has 4 rings (SSSR count). The van der Waals surface area contributed by atoms with Gasteiger partial charge >= 0.3 is 0 Å². The highest BCUT2D eigenvalue weighted by Gasteiger charge is 2.22. The van der Waals surface area contributed by atoms with E-state index >= 15 is 0 Å². The van der Waals surface area contributed by atoms with Crippen LogP contribution in [0.25, 0.3) is 11.1 Å². The molecule has 0 radical (unpaired) electrons. The smallest absolute Gasteiger partial charge is 0.206 e. The SMILES string of the molecule is O=C(CSc1nnc(NC2CC2)s1)c1ccc(-c2ccccc2)cc1. The average molecular weight is 367 g/mol. The third-order valence-electron chi connectivity index (χ3n) is 3.95. The minimum absolute atomic E-state index is 0.108. The largest absolute Gasteiger partial charge is 0.357 e. The number of carbonyl (C=O) groups excluding carboxylic acids is 1. The number of hydrogen-bond donors (Lipinski definition) is 1. The minimum Gasteiger partial charge on any atom is -0.357 e. The molecule has 1 saturated carbocycles. The van der Waals surface area contributed by atoms with Crippen LogP contribution in [0.15, 0.2) is 58.9 Å². The van der Waals surface area contributed by atoms with Gasteiger partial charge in [-0.25, -0.2) is 0 Å². The maximum Gasteiger partial charge on any atom is 0.206 e. The molecule has 3 aromatic rings. The first kappa shape index (κ1) is 16.3. The molecule has 4 nitrogen and oxygen atoms in total. The highest BCUT2D eigenvalue weighted by Crippen LogP contribution is 2.30. The topological polar surface area (TPSA) is 54.9 Å². The Morgan fingerprint density at radius 2 is 1.76 bits per heavy atom. The highest BCUT2D eigenvalue weighted by molar-refractivity contribution is 8.01. The summed E-state index contributed by atoms with van der Waals surface area (Å²) >= 11 is 2.96. The van der Waals surface area contributed by atoms with E-state index in [2.05, 4.69) is 27.6 Å². The first-order valence-corrected chi connectivity index (χ1v) is 10.00. The molecule has 1 aliphatic carbocycles. The Balaban J connectivity index is 1.35. The summed E-state index contributed by atoms with van der Waals surface area (Å²) in [4.78, 5) is 12.4. The zero-order valence-corrected chi connectivity index (χ0v) is 15.1. The second kappa shape index (κ2) is 7.37. The Kier molecular flexibility index (Phi) is 4.81. The normalized spacial score (nSPS) is 13.6. The fraction of sp³-hybridized carbons (Fsp3) is 0.211. The molecular weight excluding hydrogens is 350 g/mol. The number of Topliss-reactive ketones (excluding diaryl/α,β-unsaturated/α-hetero) is 1. The molecular formula is C19H17N3OS2. The maximum atomic E-state index is 12.4. The summed E-state index contributed by atoms with van der Waals surface area (Å²) in [6.45, 7) is 0. The Hall–Kier alpha value is -2.18. The van der Waals surface area contributed by atoms with Crippen molar-refractivity contribution < 1.29 is 4.79 Å². The molecule has 1 heterocycles. The van der Waals surface area contributed by atoms with Crippen LogP contribution in [0.1, 0.15) is 23.2 Å². The van der Waals surface area contributed by atoms with Gasteiger partial charge in [-0.2, -0.15) is 0 Å². The molecule has 0 amide bonds. The lowest BCUT2D eigenvalue weighted by atomic mass is 10.0. The number of benzene rings is 2. The van der Waals surface area contributed by atoms with Crippen molar-refractivity contribution in [3.63, 3.8) is 0 Å². The third-order valence-corrected chi connectivity index (χ3v) is 5.94. The first-order chi connectivity index (χ1) is 12.3. The lowest BCUT2D eigenvalue weighted by molar-refractivity contribution is 0.102. The molecule has 0 atom stereocenters. The molecule has 2 aromatic carbocycles. The number of anilines is 1. The molecule has 6 heteroatoms. The Labute approximate surface area is 154 Å². The van der Waals surface area contributed by atoms with Gasteiger partial charge in [0.05, 0.1) is 5.75 Å². The van der Waals surface area contributed by atoms with Crippen LogP contribution in [0.4, 0.5) is 5.13 Å². The van der Waals surface area contributed by atoms with Crippen LogP contribution in [0.2, 0.25) is 0 Å². The molecule has 126 valence electrons. The number of hydrogen-bond acceptors (Lipinski definition) is 6. The third kappa shape index (κ3) is 4.27. The molecule has 1 aliphatic rings. The number of rotatable bonds is 7. The zero-order chi connectivity index (χ0) is 17.1. The second-order valence-electron chi connectivity index (χ2n) is 5.95. The predicted octanol–water partition coefficient (Wildman–Crippen LogP) is 4.75. The minimum atomic E-state index is 0.108. The van der Waals surface area contributed by atoms with Crippen molar-refractivity contribution in [2.45, 2.75) is 23.2 Å². The van der Waals surface area contributed by atoms with Crippen molar-refractivity contribution in [3.05, 3.63) is 60.2 Å². The van der Waals surface area contributed by atoms with E-state index in [4.69, 9.17) is 0 Å². The van der Waals surface area contributed by atoms with Crippen molar-refractivity contribution in [2.75, 3.05) is 11.1 Å². The van der Waals surface area contributed by atoms with E-state index in [0.29, 0.717) is 11.8 Å². The van der Waals surface area contributed by atoms with Gasteiger partial charge in [-0.05, 0) is 24.0 Å². The fourth-order valence-electron chi connectivity index (χ4n) is 2.42. The summed E-state index contributed by atoms with van der Waals surface area (Å²) in [5.74, 6) is 0.486. The summed E-state index contributed by atoms with van der Waals surface area (Å²) in [7, 11) is 0. The van der Waals surface area contributed by atoms with Gasteiger partial charge in [0.2, 0.25) is 5.13 Å². The van der Waals surface area contributed by atoms with Crippen LogP contribution in [0.3, 0.4) is 0 Å². The van der Waals surface area contributed by atoms with Gasteiger partial charge in [-0.1, -0.05) is 77.7 Å². The average Bonchev–Trinajstić information content (AvgIpc) is 3.37. The fourth-order valence-corrected chi connectivity index (χ4v) is 4.14. The summed E-state index contributed by atoms with van der Waals surface area (Å²) in [5, 5.41) is 12.4. The van der Waals surface area contributed by atoms with Gasteiger partial charge in [0.25, 0.3) is 0 Å². The Bertz CT molecular complexity index is 858. The lowest BCUT2D eigenvalue weighted by Gasteiger charge is -2.03. The van der Waals surface area contributed by atoms with Crippen LogP contribution in [-0.2, 0) is 0 Å². The monoisotopic (exact) mass is 367 g/mol. The predicted molar refractivity (Wildman–Crippen MR) is 103 cm³/mol. The first-order valence-electron chi connectivity index (χ1n) is 8.19. The molecule has 25 heavy (non-hydrogen) atoms. The summed E-state index contributed by atoms with van der Waals surface area (Å²) in [5.41, 5.74) is 3.00. The number of aromatic nitrogens is 2. The van der Waals surface area contributed by atoms with E-state index in [1.807, 2.05) is 42.5 Å². The van der Waals surface area contributed by atoms with Crippen LogP contribution in [-0.4, -0.2) is 27.8 Å². The van der Waals surface area contributed by atoms with E-state index < -0.39 is 0 Å². The molecule has 0 unspecified atom stereocenters. The molecule has 1 N–H and O–H groups in total. The number of nitrogens with zero attached hydrogens (tertiary/aromatic N) is 2. The molecule has 0 saturated heterocycles.